The molecule has 3 aliphatic rings. The van der Waals surface area contributed by atoms with Gasteiger partial charge in [-0.2, -0.15) is 0 Å². The fourth-order valence-corrected chi connectivity index (χ4v) is 3.77. The van der Waals surface area contributed by atoms with Crippen molar-refractivity contribution in [3.05, 3.63) is 35.0 Å². The number of nitrogens with zero attached hydrogens (tertiary/aromatic N) is 4. The minimum atomic E-state index is -0.533. The van der Waals surface area contributed by atoms with E-state index in [1.165, 1.54) is 19.0 Å². The first-order chi connectivity index (χ1) is 12.6. The normalized spacial score (nSPS) is 24.3. The van der Waals surface area contributed by atoms with E-state index in [1.807, 2.05) is 6.20 Å². The van der Waals surface area contributed by atoms with Gasteiger partial charge in [0.25, 0.3) is 5.91 Å². The topological polar surface area (TPSA) is 93.4 Å². The Morgan fingerprint density at radius 2 is 2.31 bits per heavy atom. The van der Waals surface area contributed by atoms with Gasteiger partial charge in [-0.15, -0.1) is 0 Å². The number of aromatic nitrogens is 3. The Morgan fingerprint density at radius 3 is 3.08 bits per heavy atom. The molecule has 0 aromatic carbocycles. The SMILES string of the molecule is Cc1oncc1C(=O)N1CC[C@@]2(C1)OCc1cnc(NCC3CC3)nc12. The molecule has 1 aliphatic carbocycles. The highest BCUT2D eigenvalue weighted by atomic mass is 16.5. The minimum absolute atomic E-state index is 0.0705. The maximum absolute atomic E-state index is 12.8. The van der Waals surface area contributed by atoms with Crippen molar-refractivity contribution in [2.75, 3.05) is 25.0 Å². The third-order valence-corrected chi connectivity index (χ3v) is 5.55. The van der Waals surface area contributed by atoms with Crippen molar-refractivity contribution >= 4 is 11.9 Å². The van der Waals surface area contributed by atoms with E-state index in [2.05, 4.69) is 15.5 Å². The van der Waals surface area contributed by atoms with Gasteiger partial charge in [0.15, 0.2) is 0 Å². The highest BCUT2D eigenvalue weighted by molar-refractivity contribution is 5.95. The molecule has 8 nitrogen and oxygen atoms in total. The molecule has 1 spiro atoms. The molecule has 136 valence electrons. The zero-order valence-electron chi connectivity index (χ0n) is 14.7. The van der Waals surface area contributed by atoms with Gasteiger partial charge in [-0.3, -0.25) is 4.79 Å². The summed E-state index contributed by atoms with van der Waals surface area (Å²) in [7, 11) is 0. The number of ether oxygens (including phenoxy) is 1. The number of likely N-dealkylation sites (tertiary alicyclic amines) is 1. The average Bonchev–Trinajstić information content (AvgIpc) is 3.07. The van der Waals surface area contributed by atoms with Gasteiger partial charge < -0.3 is 19.5 Å². The number of anilines is 1. The molecule has 1 N–H and O–H groups in total. The number of carbonyl (C=O) groups excluding carboxylic acids is 1. The van der Waals surface area contributed by atoms with Crippen LogP contribution in [0.2, 0.25) is 0 Å². The second-order valence-electron chi connectivity index (χ2n) is 7.45. The maximum Gasteiger partial charge on any atom is 0.259 e. The highest BCUT2D eigenvalue weighted by Gasteiger charge is 2.49. The average molecular weight is 355 g/mol. The molecular weight excluding hydrogens is 334 g/mol. The quantitative estimate of drug-likeness (QED) is 0.895. The first-order valence-corrected chi connectivity index (χ1v) is 9.09. The van der Waals surface area contributed by atoms with Crippen LogP contribution >= 0.6 is 0 Å². The lowest BCUT2D eigenvalue weighted by Gasteiger charge is -2.24. The number of amides is 1. The van der Waals surface area contributed by atoms with Gasteiger partial charge in [0.1, 0.15) is 16.9 Å². The molecule has 1 atom stereocenters. The summed E-state index contributed by atoms with van der Waals surface area (Å²) in [5.41, 5.74) is 1.91. The van der Waals surface area contributed by atoms with E-state index >= 15 is 0 Å². The fourth-order valence-electron chi connectivity index (χ4n) is 3.77. The Morgan fingerprint density at radius 1 is 1.42 bits per heavy atom. The Hall–Kier alpha value is -2.48. The molecule has 2 aliphatic heterocycles. The van der Waals surface area contributed by atoms with Crippen molar-refractivity contribution < 1.29 is 14.1 Å². The molecule has 0 bridgehead atoms. The van der Waals surface area contributed by atoms with Crippen LogP contribution in [0, 0.1) is 12.8 Å². The first kappa shape index (κ1) is 15.7. The van der Waals surface area contributed by atoms with Crippen molar-refractivity contribution in [3.63, 3.8) is 0 Å². The van der Waals surface area contributed by atoms with Crippen LogP contribution in [0.25, 0.3) is 0 Å². The lowest BCUT2D eigenvalue weighted by atomic mass is 9.98. The second-order valence-corrected chi connectivity index (χ2v) is 7.45. The third kappa shape index (κ3) is 2.56. The Labute approximate surface area is 150 Å². The molecule has 0 radical (unpaired) electrons. The van der Waals surface area contributed by atoms with Crippen LogP contribution in [0.3, 0.4) is 0 Å². The van der Waals surface area contributed by atoms with Crippen LogP contribution in [-0.2, 0) is 16.9 Å². The van der Waals surface area contributed by atoms with Crippen molar-refractivity contribution in [1.29, 1.82) is 0 Å². The van der Waals surface area contributed by atoms with Gasteiger partial charge in [-0.1, -0.05) is 5.16 Å². The summed E-state index contributed by atoms with van der Waals surface area (Å²) in [6, 6.07) is 0. The van der Waals surface area contributed by atoms with E-state index < -0.39 is 5.60 Å². The molecule has 26 heavy (non-hydrogen) atoms. The molecule has 0 unspecified atom stereocenters. The standard InChI is InChI=1S/C18H21N5O3/c1-11-14(8-21-26-11)16(24)23-5-4-18(10-23)15-13(9-25-18)7-20-17(22-15)19-6-12-2-3-12/h7-8,12H,2-6,9-10H2,1H3,(H,19,20,22)/t18-/m0/s1. The number of hydrogen-bond acceptors (Lipinski definition) is 7. The number of fused-ring (bicyclic) bond motifs is 2. The van der Waals surface area contributed by atoms with Crippen molar-refractivity contribution in [1.82, 2.24) is 20.0 Å². The Balaban J connectivity index is 1.37. The van der Waals surface area contributed by atoms with Crippen LogP contribution < -0.4 is 5.32 Å². The molecule has 8 heteroatoms. The number of hydrogen-bond donors (Lipinski definition) is 1. The predicted molar refractivity (Wildman–Crippen MR) is 91.5 cm³/mol. The van der Waals surface area contributed by atoms with Crippen molar-refractivity contribution in [2.24, 2.45) is 5.92 Å². The first-order valence-electron chi connectivity index (χ1n) is 9.09. The zero-order valence-corrected chi connectivity index (χ0v) is 14.7. The summed E-state index contributed by atoms with van der Waals surface area (Å²) < 4.78 is 11.2. The monoisotopic (exact) mass is 355 g/mol. The lowest BCUT2D eigenvalue weighted by molar-refractivity contribution is -0.0304. The highest BCUT2D eigenvalue weighted by Crippen LogP contribution is 2.43. The van der Waals surface area contributed by atoms with E-state index in [1.54, 1.807) is 11.8 Å². The molecule has 5 rings (SSSR count). The zero-order chi connectivity index (χ0) is 17.7. The smallest absolute Gasteiger partial charge is 0.259 e. The largest absolute Gasteiger partial charge is 0.362 e. The molecule has 2 aromatic heterocycles. The lowest BCUT2D eigenvalue weighted by Crippen LogP contribution is -2.35. The van der Waals surface area contributed by atoms with Crippen LogP contribution in [0.5, 0.6) is 0 Å². The van der Waals surface area contributed by atoms with Gasteiger partial charge in [-0.25, -0.2) is 9.97 Å². The number of nitrogens with one attached hydrogen (secondary N) is 1. The summed E-state index contributed by atoms with van der Waals surface area (Å²) in [6.07, 6.45) is 6.62. The van der Waals surface area contributed by atoms with E-state index in [9.17, 15) is 4.79 Å². The van der Waals surface area contributed by atoms with E-state index in [0.29, 0.717) is 37.0 Å². The molecule has 4 heterocycles. The number of aryl methyl sites for hydroxylation is 1. The minimum Gasteiger partial charge on any atom is -0.362 e. The molecule has 1 amide bonds. The fraction of sp³-hybridized carbons (Fsp3) is 0.556. The van der Waals surface area contributed by atoms with Crippen LogP contribution in [-0.4, -0.2) is 45.6 Å². The Bertz CT molecular complexity index is 862. The number of carbonyl (C=O) groups is 1. The van der Waals surface area contributed by atoms with Gasteiger partial charge in [0, 0.05) is 31.3 Å². The van der Waals surface area contributed by atoms with Crippen LogP contribution in [0.1, 0.15) is 46.6 Å². The van der Waals surface area contributed by atoms with Gasteiger partial charge in [0.2, 0.25) is 5.95 Å². The van der Waals surface area contributed by atoms with E-state index in [-0.39, 0.29) is 5.91 Å². The third-order valence-electron chi connectivity index (χ3n) is 5.55. The summed E-state index contributed by atoms with van der Waals surface area (Å²) in [6.45, 7) is 4.27. The molecule has 2 aromatic rings. The summed E-state index contributed by atoms with van der Waals surface area (Å²) in [4.78, 5) is 23.7. The summed E-state index contributed by atoms with van der Waals surface area (Å²) in [5, 5.41) is 7.04. The summed E-state index contributed by atoms with van der Waals surface area (Å²) >= 11 is 0. The van der Waals surface area contributed by atoms with Crippen molar-refractivity contribution in [3.8, 4) is 0 Å². The second kappa shape index (κ2) is 5.77. The summed E-state index contributed by atoms with van der Waals surface area (Å²) in [5.74, 6) is 1.88. The molecule has 1 saturated carbocycles. The van der Waals surface area contributed by atoms with Crippen LogP contribution in [0.15, 0.2) is 16.9 Å². The molecule has 2 fully saturated rings. The van der Waals surface area contributed by atoms with Gasteiger partial charge in [0.05, 0.1) is 25.0 Å². The molecule has 1 saturated heterocycles. The predicted octanol–water partition coefficient (Wildman–Crippen LogP) is 1.87. The van der Waals surface area contributed by atoms with Crippen LogP contribution in [0.4, 0.5) is 5.95 Å². The van der Waals surface area contributed by atoms with E-state index in [4.69, 9.17) is 14.2 Å². The maximum atomic E-state index is 12.8. The number of rotatable bonds is 4. The van der Waals surface area contributed by atoms with E-state index in [0.717, 1.165) is 30.1 Å². The van der Waals surface area contributed by atoms with Gasteiger partial charge >= 0.3 is 0 Å². The Kier molecular flexibility index (Phi) is 3.49. The molecular formula is C18H21N5O3. The van der Waals surface area contributed by atoms with Crippen molar-refractivity contribution in [2.45, 2.75) is 38.4 Å². The van der Waals surface area contributed by atoms with Gasteiger partial charge in [-0.05, 0) is 25.7 Å².